The lowest BCUT2D eigenvalue weighted by atomic mass is 9.99. The highest BCUT2D eigenvalue weighted by atomic mass is 35.5. The molecule has 0 fully saturated rings. The second-order valence-electron chi connectivity index (χ2n) is 4.09. The van der Waals surface area contributed by atoms with Crippen LogP contribution in [0.4, 0.5) is 0 Å². The Labute approximate surface area is 104 Å². The molecule has 0 aromatic heterocycles. The van der Waals surface area contributed by atoms with Gasteiger partial charge in [-0.05, 0) is 37.9 Å². The molecule has 0 radical (unpaired) electrons. The fourth-order valence-corrected chi connectivity index (χ4v) is 1.91. The molecule has 1 rings (SSSR count). The molecule has 1 aromatic rings. The molecule has 0 aliphatic heterocycles. The molecule has 0 heterocycles. The highest BCUT2D eigenvalue weighted by Crippen LogP contribution is 2.19. The molecule has 1 atom stereocenters. The van der Waals surface area contributed by atoms with Crippen LogP contribution in [0, 0.1) is 0 Å². The van der Waals surface area contributed by atoms with Crippen LogP contribution in [0.2, 0.25) is 5.02 Å². The smallest absolute Gasteiger partial charge is 0.0438 e. The first-order valence-corrected chi connectivity index (χ1v) is 6.12. The third kappa shape index (κ3) is 3.99. The van der Waals surface area contributed by atoms with Crippen LogP contribution in [0.25, 0.3) is 0 Å². The van der Waals surface area contributed by atoms with E-state index < -0.39 is 0 Å². The summed E-state index contributed by atoms with van der Waals surface area (Å²) in [7, 11) is 1.99. The van der Waals surface area contributed by atoms with Crippen LogP contribution in [0.15, 0.2) is 36.4 Å². The topological polar surface area (TPSA) is 12.0 Å². The summed E-state index contributed by atoms with van der Waals surface area (Å²) in [5.41, 5.74) is 2.49. The lowest BCUT2D eigenvalue weighted by molar-refractivity contribution is 0.549. The number of halogens is 1. The van der Waals surface area contributed by atoms with Crippen LogP contribution in [0.5, 0.6) is 0 Å². The summed E-state index contributed by atoms with van der Waals surface area (Å²) in [5.74, 6) is 0. The van der Waals surface area contributed by atoms with Gasteiger partial charge in [0, 0.05) is 11.1 Å². The highest BCUT2D eigenvalue weighted by Gasteiger charge is 2.10. The molecule has 0 amide bonds. The molecule has 0 aliphatic rings. The number of benzene rings is 1. The molecule has 0 saturated carbocycles. The lowest BCUT2D eigenvalue weighted by Crippen LogP contribution is -2.28. The van der Waals surface area contributed by atoms with Crippen molar-refractivity contribution < 1.29 is 0 Å². The van der Waals surface area contributed by atoms with E-state index in [9.17, 15) is 0 Å². The van der Waals surface area contributed by atoms with Crippen molar-refractivity contribution >= 4 is 11.6 Å². The summed E-state index contributed by atoms with van der Waals surface area (Å²) in [6.45, 7) is 6.20. The Hall–Kier alpha value is -0.790. The molecule has 1 aromatic carbocycles. The van der Waals surface area contributed by atoms with Crippen LogP contribution in [0.3, 0.4) is 0 Å². The van der Waals surface area contributed by atoms with E-state index in [0.717, 1.165) is 24.3 Å². The van der Waals surface area contributed by atoms with Crippen molar-refractivity contribution in [3.8, 4) is 0 Å². The largest absolute Gasteiger partial charge is 0.316 e. The van der Waals surface area contributed by atoms with Crippen molar-refractivity contribution in [1.29, 1.82) is 0 Å². The predicted octanol–water partition coefficient (Wildman–Crippen LogP) is 3.83. The molecule has 2 heteroatoms. The fourth-order valence-electron chi connectivity index (χ4n) is 1.70. The van der Waals surface area contributed by atoms with Crippen LogP contribution in [0.1, 0.15) is 25.3 Å². The van der Waals surface area contributed by atoms with E-state index in [0.29, 0.717) is 6.04 Å². The van der Waals surface area contributed by atoms with E-state index in [4.69, 9.17) is 11.6 Å². The molecule has 16 heavy (non-hydrogen) atoms. The van der Waals surface area contributed by atoms with E-state index >= 15 is 0 Å². The number of nitrogens with one attached hydrogen (secondary N) is 1. The molecule has 88 valence electrons. The summed E-state index contributed by atoms with van der Waals surface area (Å²) in [4.78, 5) is 0. The summed E-state index contributed by atoms with van der Waals surface area (Å²) >= 11 is 6.15. The highest BCUT2D eigenvalue weighted by molar-refractivity contribution is 6.31. The number of likely N-dealkylation sites (N-methyl/N-ethyl adjacent to an activating group) is 1. The number of hydrogen-bond donors (Lipinski definition) is 1. The van der Waals surface area contributed by atoms with Gasteiger partial charge in [-0.25, -0.2) is 0 Å². The molecule has 1 nitrogen and oxygen atoms in total. The van der Waals surface area contributed by atoms with E-state index in [2.05, 4.69) is 24.9 Å². The van der Waals surface area contributed by atoms with Crippen molar-refractivity contribution in [3.05, 3.63) is 47.0 Å². The first kappa shape index (κ1) is 13.3. The van der Waals surface area contributed by atoms with Crippen molar-refractivity contribution in [3.63, 3.8) is 0 Å². The minimum absolute atomic E-state index is 0.423. The van der Waals surface area contributed by atoms with Gasteiger partial charge in [0.05, 0.1) is 0 Å². The third-order valence-corrected chi connectivity index (χ3v) is 3.24. The molecule has 0 saturated heterocycles. The van der Waals surface area contributed by atoms with E-state index in [-0.39, 0.29) is 0 Å². The minimum Gasteiger partial charge on any atom is -0.316 e. The Morgan fingerprint density at radius 1 is 1.44 bits per heavy atom. The van der Waals surface area contributed by atoms with Gasteiger partial charge in [-0.1, -0.05) is 48.9 Å². The zero-order valence-electron chi connectivity index (χ0n) is 10.1. The second kappa shape index (κ2) is 6.72. The first-order chi connectivity index (χ1) is 7.67. The summed E-state index contributed by atoms with van der Waals surface area (Å²) in [5, 5.41) is 4.18. The van der Waals surface area contributed by atoms with Crippen LogP contribution in [-0.2, 0) is 6.42 Å². The Kier molecular flexibility index (Phi) is 5.58. The van der Waals surface area contributed by atoms with Gasteiger partial charge in [0.1, 0.15) is 0 Å². The Balaban J connectivity index is 2.63. The average molecular weight is 238 g/mol. The molecule has 0 aliphatic carbocycles. The maximum atomic E-state index is 6.15. The molecule has 0 bridgehead atoms. The number of rotatable bonds is 6. The third-order valence-electron chi connectivity index (χ3n) is 2.87. The molecular weight excluding hydrogens is 218 g/mol. The van der Waals surface area contributed by atoms with Gasteiger partial charge in [-0.3, -0.25) is 0 Å². The summed E-state index contributed by atoms with van der Waals surface area (Å²) in [6, 6.07) is 8.44. The molecule has 0 spiro atoms. The first-order valence-electron chi connectivity index (χ1n) is 5.74. The van der Waals surface area contributed by atoms with Gasteiger partial charge in [0.15, 0.2) is 0 Å². The Bertz CT molecular complexity index is 346. The van der Waals surface area contributed by atoms with Crippen molar-refractivity contribution in [1.82, 2.24) is 5.32 Å². The monoisotopic (exact) mass is 237 g/mol. The zero-order valence-corrected chi connectivity index (χ0v) is 10.8. The standard InChI is InChI=1S/C14H20ClN/c1-4-11(2)9-13(16-3)10-12-7-5-6-8-14(12)15/h5-8,13,16H,2,4,9-10H2,1,3H3. The van der Waals surface area contributed by atoms with E-state index in [1.807, 2.05) is 25.2 Å². The van der Waals surface area contributed by atoms with Crippen molar-refractivity contribution in [2.45, 2.75) is 32.2 Å². The van der Waals surface area contributed by atoms with Crippen molar-refractivity contribution in [2.75, 3.05) is 7.05 Å². The van der Waals surface area contributed by atoms with Gasteiger partial charge in [-0.15, -0.1) is 0 Å². The molecule has 1 unspecified atom stereocenters. The fraction of sp³-hybridized carbons (Fsp3) is 0.429. The molecule has 1 N–H and O–H groups in total. The minimum atomic E-state index is 0.423. The average Bonchev–Trinajstić information content (AvgIpc) is 2.30. The second-order valence-corrected chi connectivity index (χ2v) is 4.50. The van der Waals surface area contributed by atoms with Crippen LogP contribution < -0.4 is 5.32 Å². The lowest BCUT2D eigenvalue weighted by Gasteiger charge is -2.17. The van der Waals surface area contributed by atoms with Gasteiger partial charge >= 0.3 is 0 Å². The summed E-state index contributed by atoms with van der Waals surface area (Å²) < 4.78 is 0. The maximum absolute atomic E-state index is 6.15. The predicted molar refractivity (Wildman–Crippen MR) is 72.1 cm³/mol. The Morgan fingerprint density at radius 2 is 2.12 bits per heavy atom. The van der Waals surface area contributed by atoms with Crippen LogP contribution >= 0.6 is 11.6 Å². The van der Waals surface area contributed by atoms with Gasteiger partial charge in [0.2, 0.25) is 0 Å². The van der Waals surface area contributed by atoms with E-state index in [1.54, 1.807) is 0 Å². The molecular formula is C14H20ClN. The van der Waals surface area contributed by atoms with Gasteiger partial charge in [0.25, 0.3) is 0 Å². The number of hydrogen-bond acceptors (Lipinski definition) is 1. The normalized spacial score (nSPS) is 12.4. The zero-order chi connectivity index (χ0) is 12.0. The van der Waals surface area contributed by atoms with Gasteiger partial charge < -0.3 is 5.32 Å². The summed E-state index contributed by atoms with van der Waals surface area (Å²) in [6.07, 6.45) is 3.01. The van der Waals surface area contributed by atoms with Gasteiger partial charge in [-0.2, -0.15) is 0 Å². The van der Waals surface area contributed by atoms with Crippen LogP contribution in [-0.4, -0.2) is 13.1 Å². The quantitative estimate of drug-likeness (QED) is 0.742. The van der Waals surface area contributed by atoms with Crippen molar-refractivity contribution in [2.24, 2.45) is 0 Å². The SMILES string of the molecule is C=C(CC)CC(Cc1ccccc1Cl)NC. The Morgan fingerprint density at radius 3 is 2.69 bits per heavy atom. The van der Waals surface area contributed by atoms with E-state index in [1.165, 1.54) is 11.1 Å². The maximum Gasteiger partial charge on any atom is 0.0438 e.